The molecule has 0 aromatic rings. The fraction of sp³-hybridized carbons (Fsp3) is 1.00. The van der Waals surface area contributed by atoms with Crippen LogP contribution < -0.4 is 5.73 Å². The maximum absolute atomic E-state index is 8.84. The quantitative estimate of drug-likeness (QED) is 0.587. The number of aliphatic hydroxyl groups excluding tert-OH is 1. The Balaban J connectivity index is 1.96. The predicted molar refractivity (Wildman–Crippen MR) is 41.1 cm³/mol. The van der Waals surface area contributed by atoms with Gasteiger partial charge in [-0.05, 0) is 19.3 Å². The van der Waals surface area contributed by atoms with E-state index in [0.29, 0.717) is 18.1 Å². The molecule has 2 bridgehead atoms. The summed E-state index contributed by atoms with van der Waals surface area (Å²) >= 11 is 0. The number of hydrogen-bond acceptors (Lipinski definition) is 3. The van der Waals surface area contributed by atoms with Gasteiger partial charge < -0.3 is 15.6 Å². The summed E-state index contributed by atoms with van der Waals surface area (Å²) in [5.41, 5.74) is 5.73. The Morgan fingerprint density at radius 2 is 2.36 bits per heavy atom. The monoisotopic (exact) mass is 157 g/mol. The van der Waals surface area contributed by atoms with Gasteiger partial charge in [0, 0.05) is 12.0 Å². The van der Waals surface area contributed by atoms with Gasteiger partial charge in [0.25, 0.3) is 0 Å². The lowest BCUT2D eigenvalue weighted by molar-refractivity contribution is 0.0827. The Kier molecular flexibility index (Phi) is 1.87. The van der Waals surface area contributed by atoms with Crippen LogP contribution in [-0.4, -0.2) is 30.0 Å². The minimum atomic E-state index is -0.0645. The highest BCUT2D eigenvalue weighted by Gasteiger charge is 2.42. The van der Waals surface area contributed by atoms with Gasteiger partial charge in [-0.25, -0.2) is 0 Å². The van der Waals surface area contributed by atoms with Crippen molar-refractivity contribution in [3.8, 4) is 0 Å². The smallest absolute Gasteiger partial charge is 0.0624 e. The highest BCUT2D eigenvalue weighted by atomic mass is 16.5. The van der Waals surface area contributed by atoms with E-state index in [1.807, 2.05) is 0 Å². The van der Waals surface area contributed by atoms with Crippen molar-refractivity contribution < 1.29 is 9.84 Å². The Morgan fingerprint density at radius 1 is 1.55 bits per heavy atom. The third-order valence-electron chi connectivity index (χ3n) is 2.91. The van der Waals surface area contributed by atoms with E-state index in [9.17, 15) is 0 Å². The molecule has 2 heterocycles. The van der Waals surface area contributed by atoms with Gasteiger partial charge in [0.2, 0.25) is 0 Å². The van der Waals surface area contributed by atoms with Crippen LogP contribution in [0.4, 0.5) is 0 Å². The van der Waals surface area contributed by atoms with Gasteiger partial charge in [0.1, 0.15) is 0 Å². The molecule has 4 atom stereocenters. The maximum atomic E-state index is 8.84. The van der Waals surface area contributed by atoms with Crippen LogP contribution in [0.1, 0.15) is 19.3 Å². The molecule has 11 heavy (non-hydrogen) atoms. The molecule has 0 aromatic carbocycles. The number of rotatable bonds is 2. The van der Waals surface area contributed by atoms with Crippen molar-refractivity contribution >= 4 is 0 Å². The lowest BCUT2D eigenvalue weighted by Gasteiger charge is -2.23. The molecule has 3 heteroatoms. The van der Waals surface area contributed by atoms with Crippen LogP contribution in [0, 0.1) is 5.92 Å². The van der Waals surface area contributed by atoms with Crippen molar-refractivity contribution in [1.29, 1.82) is 0 Å². The number of aliphatic hydroxyl groups is 1. The minimum Gasteiger partial charge on any atom is -0.395 e. The van der Waals surface area contributed by atoms with Crippen molar-refractivity contribution in [2.24, 2.45) is 11.7 Å². The van der Waals surface area contributed by atoms with Crippen LogP contribution >= 0.6 is 0 Å². The summed E-state index contributed by atoms with van der Waals surface area (Å²) in [6.45, 7) is 0.0945. The largest absolute Gasteiger partial charge is 0.395 e. The SMILES string of the molecule is N[C@H](CO)C1CC2CCC1O2. The van der Waals surface area contributed by atoms with Crippen LogP contribution in [0.25, 0.3) is 0 Å². The van der Waals surface area contributed by atoms with Crippen molar-refractivity contribution in [3.05, 3.63) is 0 Å². The zero-order chi connectivity index (χ0) is 7.84. The zero-order valence-electron chi connectivity index (χ0n) is 6.57. The van der Waals surface area contributed by atoms with Gasteiger partial charge in [-0.3, -0.25) is 0 Å². The van der Waals surface area contributed by atoms with Gasteiger partial charge in [-0.1, -0.05) is 0 Å². The van der Waals surface area contributed by atoms with Crippen LogP contribution in [0.2, 0.25) is 0 Å². The number of nitrogens with two attached hydrogens (primary N) is 1. The lowest BCUT2D eigenvalue weighted by atomic mass is 9.84. The van der Waals surface area contributed by atoms with E-state index in [-0.39, 0.29) is 12.6 Å². The van der Waals surface area contributed by atoms with Crippen molar-refractivity contribution in [2.75, 3.05) is 6.61 Å². The van der Waals surface area contributed by atoms with Crippen LogP contribution in [-0.2, 0) is 4.74 Å². The second kappa shape index (κ2) is 2.73. The summed E-state index contributed by atoms with van der Waals surface area (Å²) in [7, 11) is 0. The summed E-state index contributed by atoms with van der Waals surface area (Å²) in [5, 5.41) is 8.84. The summed E-state index contributed by atoms with van der Waals surface area (Å²) in [4.78, 5) is 0. The van der Waals surface area contributed by atoms with Gasteiger partial charge in [-0.15, -0.1) is 0 Å². The first-order chi connectivity index (χ1) is 5.31. The molecule has 3 nitrogen and oxygen atoms in total. The number of fused-ring (bicyclic) bond motifs is 2. The summed E-state index contributed by atoms with van der Waals surface area (Å²) in [5.74, 6) is 0.416. The summed E-state index contributed by atoms with van der Waals surface area (Å²) in [6.07, 6.45) is 4.19. The Bertz CT molecular complexity index is 151. The normalized spacial score (nSPS) is 44.7. The second-order valence-electron chi connectivity index (χ2n) is 3.62. The van der Waals surface area contributed by atoms with E-state index in [1.54, 1.807) is 0 Å². The molecule has 2 aliphatic rings. The first kappa shape index (κ1) is 7.53. The van der Waals surface area contributed by atoms with Crippen LogP contribution in [0.5, 0.6) is 0 Å². The molecule has 0 saturated carbocycles. The molecule has 3 N–H and O–H groups in total. The Labute approximate surface area is 66.5 Å². The molecule has 2 saturated heterocycles. The molecule has 0 aliphatic carbocycles. The zero-order valence-corrected chi connectivity index (χ0v) is 6.57. The molecule has 0 amide bonds. The van der Waals surface area contributed by atoms with E-state index >= 15 is 0 Å². The molecule has 2 aliphatic heterocycles. The lowest BCUT2D eigenvalue weighted by Crippen LogP contribution is -2.38. The van der Waals surface area contributed by atoms with Gasteiger partial charge in [0.05, 0.1) is 18.8 Å². The number of ether oxygens (including phenoxy) is 1. The van der Waals surface area contributed by atoms with E-state index in [4.69, 9.17) is 15.6 Å². The van der Waals surface area contributed by atoms with E-state index in [0.717, 1.165) is 12.8 Å². The minimum absolute atomic E-state index is 0.0645. The third-order valence-corrected chi connectivity index (χ3v) is 2.91. The van der Waals surface area contributed by atoms with Gasteiger partial charge >= 0.3 is 0 Å². The molecule has 0 spiro atoms. The summed E-state index contributed by atoms with van der Waals surface area (Å²) in [6, 6.07) is -0.0645. The summed E-state index contributed by atoms with van der Waals surface area (Å²) < 4.78 is 5.62. The third kappa shape index (κ3) is 1.17. The highest BCUT2D eigenvalue weighted by molar-refractivity contribution is 4.93. The maximum Gasteiger partial charge on any atom is 0.0624 e. The van der Waals surface area contributed by atoms with Gasteiger partial charge in [-0.2, -0.15) is 0 Å². The van der Waals surface area contributed by atoms with E-state index in [2.05, 4.69) is 0 Å². The Hall–Kier alpha value is -0.120. The molecule has 0 aromatic heterocycles. The topological polar surface area (TPSA) is 55.5 Å². The molecule has 2 fully saturated rings. The van der Waals surface area contributed by atoms with E-state index in [1.165, 1.54) is 6.42 Å². The van der Waals surface area contributed by atoms with Crippen molar-refractivity contribution in [2.45, 2.75) is 37.5 Å². The molecule has 2 rings (SSSR count). The average molecular weight is 157 g/mol. The molecular formula is C8H15NO2. The first-order valence-electron chi connectivity index (χ1n) is 4.33. The van der Waals surface area contributed by atoms with Crippen molar-refractivity contribution in [1.82, 2.24) is 0 Å². The fourth-order valence-electron chi connectivity index (χ4n) is 2.26. The average Bonchev–Trinajstić information content (AvgIpc) is 2.62. The van der Waals surface area contributed by atoms with Crippen LogP contribution in [0.15, 0.2) is 0 Å². The van der Waals surface area contributed by atoms with E-state index < -0.39 is 0 Å². The predicted octanol–water partition coefficient (Wildman–Crippen LogP) is -0.127. The van der Waals surface area contributed by atoms with Gasteiger partial charge in [0.15, 0.2) is 0 Å². The fourth-order valence-corrected chi connectivity index (χ4v) is 2.26. The van der Waals surface area contributed by atoms with Crippen molar-refractivity contribution in [3.63, 3.8) is 0 Å². The molecule has 64 valence electrons. The van der Waals surface area contributed by atoms with Crippen LogP contribution in [0.3, 0.4) is 0 Å². The molecule has 3 unspecified atom stereocenters. The molecular weight excluding hydrogens is 142 g/mol. The second-order valence-corrected chi connectivity index (χ2v) is 3.62. The standard InChI is InChI=1S/C8H15NO2/c9-7(4-10)6-3-5-1-2-8(6)11-5/h5-8,10H,1-4,9H2/t5?,6?,7-,8?/m1/s1. The highest BCUT2D eigenvalue weighted by Crippen LogP contribution is 2.39. The molecule has 0 radical (unpaired) electrons. The first-order valence-corrected chi connectivity index (χ1v) is 4.33. The number of hydrogen-bond donors (Lipinski definition) is 2. The Morgan fingerprint density at radius 3 is 2.82 bits per heavy atom.